The normalized spacial score (nSPS) is 15.7. The molecular weight excluding hydrogens is 426 g/mol. The first-order valence-corrected chi connectivity index (χ1v) is 9.70. The van der Waals surface area contributed by atoms with Crippen molar-refractivity contribution in [2.75, 3.05) is 18.0 Å². The first kappa shape index (κ1) is 21.5. The summed E-state index contributed by atoms with van der Waals surface area (Å²) in [6.07, 6.45) is 0.785. The molecule has 2 aromatic rings. The summed E-state index contributed by atoms with van der Waals surface area (Å²) in [5, 5.41) is 3.95. The maximum atomic E-state index is 12.6. The zero-order valence-corrected chi connectivity index (χ0v) is 16.7. The van der Waals surface area contributed by atoms with Crippen LogP contribution in [0.5, 0.6) is 0 Å². The summed E-state index contributed by atoms with van der Waals surface area (Å²) in [6.45, 7) is 1.18. The molecule has 4 nitrogen and oxygen atoms in total. The molecule has 29 heavy (non-hydrogen) atoms. The third-order valence-electron chi connectivity index (χ3n) is 4.61. The second-order valence-electron chi connectivity index (χ2n) is 6.67. The quantitative estimate of drug-likeness (QED) is 0.659. The highest BCUT2D eigenvalue weighted by atomic mass is 35.5. The molecule has 1 amide bonds. The molecule has 1 aliphatic heterocycles. The minimum absolute atomic E-state index is 0.0207. The van der Waals surface area contributed by atoms with Crippen LogP contribution in [-0.2, 0) is 11.0 Å². The van der Waals surface area contributed by atoms with E-state index in [4.69, 9.17) is 23.2 Å². The number of benzene rings is 1. The largest absolute Gasteiger partial charge is 0.417 e. The van der Waals surface area contributed by atoms with Crippen molar-refractivity contribution in [2.24, 2.45) is 0 Å². The Bertz CT molecular complexity index is 893. The molecule has 1 aromatic carbocycles. The minimum Gasteiger partial charge on any atom is -0.356 e. The second kappa shape index (κ2) is 9.05. The van der Waals surface area contributed by atoms with Gasteiger partial charge in [0.25, 0.3) is 0 Å². The Kier molecular flexibility index (Phi) is 6.70. The van der Waals surface area contributed by atoms with E-state index in [0.717, 1.165) is 12.3 Å². The molecule has 1 N–H and O–H groups in total. The van der Waals surface area contributed by atoms with Crippen molar-refractivity contribution in [3.8, 4) is 0 Å². The molecule has 0 spiro atoms. The zero-order valence-electron chi connectivity index (χ0n) is 15.2. The van der Waals surface area contributed by atoms with Gasteiger partial charge in [0.1, 0.15) is 5.82 Å². The lowest BCUT2D eigenvalue weighted by molar-refractivity contribution is -0.137. The SMILES string of the molecule is O=C(C=Cc1cc(Cl)ccc1Cl)NC1CCN(c2ccc(C(F)(F)F)cn2)CC1. The second-order valence-corrected chi connectivity index (χ2v) is 7.52. The first-order chi connectivity index (χ1) is 13.7. The number of pyridine rings is 1. The molecule has 0 saturated carbocycles. The number of alkyl halides is 3. The highest BCUT2D eigenvalue weighted by Gasteiger charge is 2.31. The van der Waals surface area contributed by atoms with Gasteiger partial charge in [-0.15, -0.1) is 0 Å². The summed E-state index contributed by atoms with van der Waals surface area (Å²) in [5.41, 5.74) is -0.118. The maximum Gasteiger partial charge on any atom is 0.417 e. The zero-order chi connectivity index (χ0) is 21.0. The smallest absolute Gasteiger partial charge is 0.356 e. The standard InChI is InChI=1S/C20H18Cl2F3N3O/c21-15-3-4-17(22)13(11-15)1-6-19(29)27-16-7-9-28(10-8-16)18-5-2-14(12-26-18)20(23,24)25/h1-6,11-12,16H,7-10H2,(H,27,29). The Balaban J connectivity index is 1.51. The van der Waals surface area contributed by atoms with E-state index in [9.17, 15) is 18.0 Å². The van der Waals surface area contributed by atoms with Gasteiger partial charge < -0.3 is 10.2 Å². The Morgan fingerprint density at radius 1 is 1.17 bits per heavy atom. The van der Waals surface area contributed by atoms with Crippen molar-refractivity contribution in [1.29, 1.82) is 0 Å². The van der Waals surface area contributed by atoms with Crippen molar-refractivity contribution in [3.63, 3.8) is 0 Å². The number of hydrogen-bond donors (Lipinski definition) is 1. The number of anilines is 1. The first-order valence-electron chi connectivity index (χ1n) is 8.94. The van der Waals surface area contributed by atoms with Crippen molar-refractivity contribution in [1.82, 2.24) is 10.3 Å². The summed E-state index contributed by atoms with van der Waals surface area (Å²) in [4.78, 5) is 18.0. The average molecular weight is 444 g/mol. The molecular formula is C20H18Cl2F3N3O. The maximum absolute atomic E-state index is 12.6. The van der Waals surface area contributed by atoms with Gasteiger partial charge in [-0.1, -0.05) is 23.2 Å². The van der Waals surface area contributed by atoms with Crippen LogP contribution < -0.4 is 10.2 Å². The van der Waals surface area contributed by atoms with E-state index in [-0.39, 0.29) is 11.9 Å². The Morgan fingerprint density at radius 2 is 1.90 bits per heavy atom. The van der Waals surface area contributed by atoms with Gasteiger partial charge in [-0.2, -0.15) is 13.2 Å². The summed E-state index contributed by atoms with van der Waals surface area (Å²) in [7, 11) is 0. The predicted octanol–water partition coefficient (Wildman–Crippen LogP) is 5.21. The van der Waals surface area contributed by atoms with Crippen molar-refractivity contribution < 1.29 is 18.0 Å². The highest BCUT2D eigenvalue weighted by molar-refractivity contribution is 6.34. The number of aromatic nitrogens is 1. The van der Waals surface area contributed by atoms with Crippen molar-refractivity contribution >= 4 is 41.0 Å². The van der Waals surface area contributed by atoms with E-state index in [1.54, 1.807) is 24.3 Å². The fraction of sp³-hybridized carbons (Fsp3) is 0.300. The van der Waals surface area contributed by atoms with Gasteiger partial charge in [0.05, 0.1) is 5.56 Å². The van der Waals surface area contributed by atoms with Crippen molar-refractivity contribution in [2.45, 2.75) is 25.1 Å². The number of amides is 1. The lowest BCUT2D eigenvalue weighted by Crippen LogP contribution is -2.44. The number of nitrogens with zero attached hydrogens (tertiary/aromatic N) is 2. The molecule has 1 fully saturated rings. The van der Waals surface area contributed by atoms with E-state index in [1.165, 1.54) is 12.1 Å². The number of halogens is 5. The topological polar surface area (TPSA) is 45.2 Å². The van der Waals surface area contributed by atoms with E-state index < -0.39 is 11.7 Å². The molecule has 1 aliphatic rings. The van der Waals surface area contributed by atoms with Gasteiger partial charge in [0, 0.05) is 41.4 Å². The van der Waals surface area contributed by atoms with Gasteiger partial charge in [-0.25, -0.2) is 4.98 Å². The molecule has 154 valence electrons. The predicted molar refractivity (Wildman–Crippen MR) is 108 cm³/mol. The number of piperidine rings is 1. The average Bonchev–Trinajstić information content (AvgIpc) is 2.69. The van der Waals surface area contributed by atoms with E-state index in [0.29, 0.717) is 47.4 Å². The molecule has 3 rings (SSSR count). The van der Waals surface area contributed by atoms with Crippen LogP contribution in [0.15, 0.2) is 42.6 Å². The summed E-state index contributed by atoms with van der Waals surface area (Å²) < 4.78 is 37.9. The fourth-order valence-electron chi connectivity index (χ4n) is 3.05. The Morgan fingerprint density at radius 3 is 2.52 bits per heavy atom. The molecule has 1 saturated heterocycles. The van der Waals surface area contributed by atoms with Crippen LogP contribution in [0.4, 0.5) is 19.0 Å². The van der Waals surface area contributed by atoms with Crippen LogP contribution in [-0.4, -0.2) is 30.0 Å². The lowest BCUT2D eigenvalue weighted by atomic mass is 10.0. The van der Waals surface area contributed by atoms with Gasteiger partial charge in [-0.3, -0.25) is 4.79 Å². The monoisotopic (exact) mass is 443 g/mol. The number of hydrogen-bond acceptors (Lipinski definition) is 3. The van der Waals surface area contributed by atoms with E-state index >= 15 is 0 Å². The third-order valence-corrected chi connectivity index (χ3v) is 5.19. The number of carbonyl (C=O) groups is 1. The summed E-state index contributed by atoms with van der Waals surface area (Å²) in [5.74, 6) is 0.255. The van der Waals surface area contributed by atoms with Crippen LogP contribution in [0.25, 0.3) is 6.08 Å². The molecule has 0 radical (unpaired) electrons. The minimum atomic E-state index is -4.40. The fourth-order valence-corrected chi connectivity index (χ4v) is 3.41. The molecule has 2 heterocycles. The van der Waals surface area contributed by atoms with Gasteiger partial charge in [0.15, 0.2) is 0 Å². The van der Waals surface area contributed by atoms with E-state index in [2.05, 4.69) is 10.3 Å². The van der Waals surface area contributed by atoms with Crippen molar-refractivity contribution in [3.05, 3.63) is 63.8 Å². The number of rotatable bonds is 4. The van der Waals surface area contributed by atoms with Gasteiger partial charge in [-0.05, 0) is 54.8 Å². The molecule has 0 bridgehead atoms. The summed E-state index contributed by atoms with van der Waals surface area (Å²) in [6, 6.07) is 7.38. The van der Waals surface area contributed by atoms with Gasteiger partial charge >= 0.3 is 6.18 Å². The van der Waals surface area contributed by atoms with Crippen LogP contribution >= 0.6 is 23.2 Å². The van der Waals surface area contributed by atoms with E-state index in [1.807, 2.05) is 4.90 Å². The Labute approximate surface area is 176 Å². The van der Waals surface area contributed by atoms with Crippen LogP contribution in [0.3, 0.4) is 0 Å². The van der Waals surface area contributed by atoms with Crippen LogP contribution in [0, 0.1) is 0 Å². The number of nitrogens with one attached hydrogen (secondary N) is 1. The molecule has 0 atom stereocenters. The molecule has 0 aliphatic carbocycles. The highest BCUT2D eigenvalue weighted by Crippen LogP contribution is 2.29. The molecule has 1 aromatic heterocycles. The molecule has 9 heteroatoms. The number of carbonyl (C=O) groups excluding carboxylic acids is 1. The third kappa shape index (κ3) is 5.87. The molecule has 0 unspecified atom stereocenters. The Hall–Kier alpha value is -2.25. The van der Waals surface area contributed by atoms with Gasteiger partial charge in [0.2, 0.25) is 5.91 Å². The van der Waals surface area contributed by atoms with Crippen LogP contribution in [0.1, 0.15) is 24.0 Å². The summed E-state index contributed by atoms with van der Waals surface area (Å²) >= 11 is 12.0. The van der Waals surface area contributed by atoms with Crippen LogP contribution in [0.2, 0.25) is 10.0 Å². The lowest BCUT2D eigenvalue weighted by Gasteiger charge is -2.33.